The highest BCUT2D eigenvalue weighted by molar-refractivity contribution is 9.10. The Balaban J connectivity index is 0.000000132. The molecule has 0 unspecified atom stereocenters. The van der Waals surface area contributed by atoms with Gasteiger partial charge in [0.05, 0.1) is 80.7 Å². The highest BCUT2D eigenvalue weighted by Crippen LogP contribution is 2.44. The lowest BCUT2D eigenvalue weighted by Crippen LogP contribution is -2.41. The second-order valence-electron chi connectivity index (χ2n) is 31.6. The lowest BCUT2D eigenvalue weighted by molar-refractivity contribution is 0.00578. The van der Waals surface area contributed by atoms with Crippen molar-refractivity contribution in [3.05, 3.63) is 223 Å². The predicted molar refractivity (Wildman–Crippen MR) is 461 cm³/mol. The number of carbonyl (C=O) groups excluding carboxylic acids is 2. The van der Waals surface area contributed by atoms with E-state index in [1.807, 2.05) is 83.1 Å². The summed E-state index contributed by atoms with van der Waals surface area (Å²) < 4.78 is 44.8. The predicted octanol–water partition coefficient (Wildman–Crippen LogP) is 11.8. The largest absolute Gasteiger partial charge is 0.496 e. The summed E-state index contributed by atoms with van der Waals surface area (Å²) >= 11 is 12.4. The molecule has 3 N–H and O–H groups in total. The maximum atomic E-state index is 13.5. The lowest BCUT2D eigenvalue weighted by atomic mass is 9.49. The van der Waals surface area contributed by atoms with E-state index in [2.05, 4.69) is 81.9 Å². The summed E-state index contributed by atoms with van der Waals surface area (Å²) in [4.78, 5) is 122. The highest BCUT2D eigenvalue weighted by atomic mass is 79.9. The van der Waals surface area contributed by atoms with Crippen LogP contribution in [0.25, 0.3) is 42.9 Å². The van der Waals surface area contributed by atoms with E-state index in [9.17, 15) is 33.6 Å². The second-order valence-corrected chi connectivity index (χ2v) is 35.2. The van der Waals surface area contributed by atoms with Crippen LogP contribution in [-0.2, 0) is 74.8 Å². The summed E-state index contributed by atoms with van der Waals surface area (Å²) in [5.74, 6) is 1.76. The number of aryl methyl sites for hydroxylation is 7. The van der Waals surface area contributed by atoms with Crippen LogP contribution < -0.4 is 49.2 Å². The summed E-state index contributed by atoms with van der Waals surface area (Å²) in [6.07, 6.45) is 35.1. The molecule has 0 spiro atoms. The van der Waals surface area contributed by atoms with E-state index in [-0.39, 0.29) is 83.7 Å². The van der Waals surface area contributed by atoms with Crippen LogP contribution in [0.2, 0.25) is 5.02 Å². The molecule has 0 radical (unpaired) electrons. The minimum absolute atomic E-state index is 0.117. The van der Waals surface area contributed by atoms with Crippen molar-refractivity contribution in [3.63, 3.8) is 0 Å². The molecule has 0 aromatic carbocycles. The SMILES string of the molecule is CC1(C)OB(B2OC(C)(C)C(C)(C)O2)OC1(C)C.Cn1cc(-c2ccnc(-n3ncc4c5c(sc4c3=O)CCCC5)c2C=O)cc(Nc2cnccn2)c1=O.Cn1cc(B2OC(C)(C)C(C)(C)O2)cc(Nc2cnccn2)c1=O.Cn1cc(Br)cc(Nc2cnccn2)c1=O.O=Cc1c(Cl)ccnc1-n1ncc2c3c(sc2c1=O)CCCC3. The van der Waals surface area contributed by atoms with Gasteiger partial charge in [0.15, 0.2) is 24.2 Å². The Labute approximate surface area is 700 Å². The van der Waals surface area contributed by atoms with E-state index in [0.29, 0.717) is 61.9 Å². The molecule has 38 heteroatoms. The maximum absolute atomic E-state index is 13.5. The van der Waals surface area contributed by atoms with Gasteiger partial charge in [0.1, 0.15) is 43.9 Å². The lowest BCUT2D eigenvalue weighted by Gasteiger charge is -2.32. The molecule has 17 rings (SSSR count). The number of halogens is 2. The monoisotopic (exact) mass is 1720 g/mol. The molecule has 12 aromatic rings. The van der Waals surface area contributed by atoms with Crippen molar-refractivity contribution in [3.8, 4) is 22.8 Å². The molecule has 15 heterocycles. The van der Waals surface area contributed by atoms with Crippen molar-refractivity contribution in [1.82, 2.24) is 73.1 Å². The fraction of sp³-hybridized carbons (Fsp3) is 0.362. The van der Waals surface area contributed by atoms with Crippen molar-refractivity contribution >= 4 is 144 Å². The molecule has 0 bridgehead atoms. The third kappa shape index (κ3) is 17.8. The average molecular weight is 1720 g/mol. The Morgan fingerprint density at radius 2 is 0.847 bits per heavy atom. The number of aldehydes is 2. The fourth-order valence-electron chi connectivity index (χ4n) is 13.5. The summed E-state index contributed by atoms with van der Waals surface area (Å²) in [6, 6.07) is 8.26. The molecular weight excluding hydrogens is 1630 g/mol. The molecular formula is C80H87B3BrClN18O13S2. The normalized spacial score (nSPS) is 16.8. The van der Waals surface area contributed by atoms with Gasteiger partial charge >= 0.3 is 21.1 Å². The van der Waals surface area contributed by atoms with Gasteiger partial charge in [-0.15, -0.1) is 22.7 Å². The molecule has 3 aliphatic heterocycles. The van der Waals surface area contributed by atoms with Crippen molar-refractivity contribution in [2.75, 3.05) is 16.0 Å². The van der Waals surface area contributed by atoms with E-state index >= 15 is 0 Å². The van der Waals surface area contributed by atoms with E-state index in [1.54, 1.807) is 114 Å². The molecule has 5 aliphatic rings. The summed E-state index contributed by atoms with van der Waals surface area (Å²) in [5, 5.41) is 19.6. The minimum Gasteiger partial charge on any atom is -0.405 e. The van der Waals surface area contributed by atoms with Crippen LogP contribution in [0.15, 0.2) is 158 Å². The van der Waals surface area contributed by atoms with Gasteiger partial charge in [0, 0.05) is 125 Å². The first-order valence-electron chi connectivity index (χ1n) is 38.0. The van der Waals surface area contributed by atoms with Gasteiger partial charge in [-0.3, -0.25) is 48.5 Å². The molecule has 610 valence electrons. The number of nitrogens with zero attached hydrogens (tertiary/aromatic N) is 15. The Morgan fingerprint density at radius 1 is 0.458 bits per heavy atom. The zero-order valence-corrected chi connectivity index (χ0v) is 71.7. The van der Waals surface area contributed by atoms with Crippen molar-refractivity contribution in [1.29, 1.82) is 0 Å². The molecule has 2 aliphatic carbocycles. The van der Waals surface area contributed by atoms with Crippen LogP contribution in [0.4, 0.5) is 34.5 Å². The molecule has 31 nitrogen and oxygen atoms in total. The molecule has 0 atom stereocenters. The molecule has 12 aromatic heterocycles. The number of fused-ring (bicyclic) bond motifs is 6. The summed E-state index contributed by atoms with van der Waals surface area (Å²) in [6.45, 7) is 24.2. The second kappa shape index (κ2) is 34.5. The number of carbonyl (C=O) groups is 2. The molecule has 0 amide bonds. The first-order valence-corrected chi connectivity index (χ1v) is 40.8. The highest BCUT2D eigenvalue weighted by Gasteiger charge is 2.64. The van der Waals surface area contributed by atoms with Crippen LogP contribution in [0, 0.1) is 0 Å². The minimum atomic E-state index is -0.538. The average Bonchev–Trinajstić information content (AvgIpc) is 1.58. The van der Waals surface area contributed by atoms with Gasteiger partial charge < -0.3 is 57.6 Å². The Kier molecular flexibility index (Phi) is 25.0. The van der Waals surface area contributed by atoms with Gasteiger partial charge in [0.25, 0.3) is 27.8 Å². The summed E-state index contributed by atoms with van der Waals surface area (Å²) in [5.41, 5.74) is 2.38. The number of aromatic nitrogens is 15. The van der Waals surface area contributed by atoms with Gasteiger partial charge in [-0.1, -0.05) is 11.6 Å². The zero-order chi connectivity index (χ0) is 84.6. The van der Waals surface area contributed by atoms with E-state index in [4.69, 9.17) is 39.5 Å². The van der Waals surface area contributed by atoms with Gasteiger partial charge in [-0.2, -0.15) is 19.6 Å². The van der Waals surface area contributed by atoms with Crippen LogP contribution >= 0.6 is 50.2 Å². The van der Waals surface area contributed by atoms with Gasteiger partial charge in [-0.05, 0) is 197 Å². The molecule has 118 heavy (non-hydrogen) atoms. The maximum Gasteiger partial charge on any atom is 0.496 e. The fourth-order valence-corrected chi connectivity index (χ4v) is 16.8. The summed E-state index contributed by atoms with van der Waals surface area (Å²) in [7, 11) is 3.51. The molecule has 0 saturated carbocycles. The smallest absolute Gasteiger partial charge is 0.405 e. The van der Waals surface area contributed by atoms with Gasteiger partial charge in [-0.25, -0.2) is 24.9 Å². The Hall–Kier alpha value is -10.5. The number of nitrogens with one attached hydrogen (secondary N) is 3. The van der Waals surface area contributed by atoms with Crippen molar-refractivity contribution in [2.24, 2.45) is 21.1 Å². The zero-order valence-electron chi connectivity index (χ0n) is 67.8. The number of rotatable bonds is 13. The van der Waals surface area contributed by atoms with E-state index in [1.165, 1.54) is 104 Å². The van der Waals surface area contributed by atoms with Gasteiger partial charge in [0.2, 0.25) is 0 Å². The molecule has 3 saturated heterocycles. The van der Waals surface area contributed by atoms with Crippen LogP contribution in [0.1, 0.15) is 150 Å². The number of anilines is 6. The quantitative estimate of drug-likeness (QED) is 0.0713. The van der Waals surface area contributed by atoms with Crippen LogP contribution in [0.3, 0.4) is 0 Å². The number of hydrogen-bond donors (Lipinski definition) is 3. The van der Waals surface area contributed by atoms with Crippen LogP contribution in [-0.4, -0.2) is 140 Å². The van der Waals surface area contributed by atoms with E-state index in [0.717, 1.165) is 72.1 Å². The van der Waals surface area contributed by atoms with Crippen molar-refractivity contribution in [2.45, 2.75) is 168 Å². The van der Waals surface area contributed by atoms with Crippen molar-refractivity contribution < 1.29 is 37.5 Å². The Bertz CT molecular complexity index is 6030. The standard InChI is InChI=1S/C26H21N7O3S.C16H21BN4O3.C16H12ClN3O2S.C12H24B2O4.C10H9BrN4O/c1-32-13-15(10-20(25(32)35)31-22-12-27-8-9-28-22)16-6-7-29-24(19(16)14-34)33-26(36)23-18(11-30-33)17-4-2-3-5-21(17)37-23;1-15(2)16(3,4)24-17(23-15)11-8-12(14(22)21(5)10-11)20-13-9-18-6-7-19-13;17-12-5-6-18-15(11(12)8-21)20-16(22)14-10(7-19-20)9-3-1-2-4-13(9)23-14;1-9(2)10(3,4)16-13(15-9)14-17-11(5,6)12(7,8)18-14;1-15-6-7(11)4-8(10(15)16)14-9-5-12-2-3-13-9/h6-14H,2-5H2,1H3,(H,28,31);6-10H,1-5H3,(H,19,20);5-8H,1-4H2;1-8H3;2-6H,1H3,(H,13,14). The number of pyridine rings is 5. The van der Waals surface area contributed by atoms with E-state index < -0.39 is 32.3 Å². The number of hydrogen-bond acceptors (Lipinski definition) is 28. The first kappa shape index (κ1) is 85.4. The molecule has 3 fully saturated rings. The topological polar surface area (TPSA) is 365 Å². The third-order valence-corrected chi connectivity index (χ3v) is 25.3. The third-order valence-electron chi connectivity index (χ3n) is 21.9. The van der Waals surface area contributed by atoms with Crippen LogP contribution in [0.5, 0.6) is 0 Å². The first-order chi connectivity index (χ1) is 56.0. The Morgan fingerprint density at radius 3 is 1.28 bits per heavy atom. The number of thiophene rings is 2.